The Morgan fingerprint density at radius 3 is 1.07 bits per heavy atom. The SMILES string of the molecule is C=CC(=O)OCCCCCCCCCOc1ccc(C(=O)Oc2ccc(OC(=O)c3ccc(OCCCCCCCCCOC(=O)C=C)cc3F)cc2)c(F)c1. The van der Waals surface area contributed by atoms with Crippen LogP contribution in [0.4, 0.5) is 8.78 Å². The molecule has 0 aliphatic carbocycles. The van der Waals surface area contributed by atoms with Gasteiger partial charge in [0, 0.05) is 24.3 Å². The van der Waals surface area contributed by atoms with Crippen LogP contribution in [-0.2, 0) is 19.1 Å². The highest BCUT2D eigenvalue weighted by Crippen LogP contribution is 2.24. The molecule has 12 heteroatoms. The molecule has 0 aromatic heterocycles. The smallest absolute Gasteiger partial charge is 0.346 e. The molecule has 0 amide bonds. The van der Waals surface area contributed by atoms with E-state index in [4.69, 9.17) is 28.4 Å². The average molecular weight is 779 g/mol. The fourth-order valence-electron chi connectivity index (χ4n) is 5.42. The second-order valence-electron chi connectivity index (χ2n) is 12.9. The Bertz CT molecular complexity index is 1580. The third kappa shape index (κ3) is 17.7. The fraction of sp³-hybridized carbons (Fsp3) is 0.409. The normalized spacial score (nSPS) is 10.6. The second kappa shape index (κ2) is 26.3. The molecule has 0 radical (unpaired) electrons. The Morgan fingerprint density at radius 1 is 0.446 bits per heavy atom. The first kappa shape index (κ1) is 44.9. The highest BCUT2D eigenvalue weighted by molar-refractivity contribution is 5.92. The van der Waals surface area contributed by atoms with Crippen LogP contribution in [0.1, 0.15) is 111 Å². The van der Waals surface area contributed by atoms with Gasteiger partial charge in [-0.25, -0.2) is 28.0 Å². The summed E-state index contributed by atoms with van der Waals surface area (Å²) in [6.45, 7) is 8.35. The topological polar surface area (TPSA) is 124 Å². The summed E-state index contributed by atoms with van der Waals surface area (Å²) in [6.07, 6.45) is 15.7. The van der Waals surface area contributed by atoms with Gasteiger partial charge in [-0.15, -0.1) is 0 Å². The Balaban J connectivity index is 1.30. The van der Waals surface area contributed by atoms with Gasteiger partial charge in [0.25, 0.3) is 0 Å². The van der Waals surface area contributed by atoms with Gasteiger partial charge in [-0.05, 0) is 74.2 Å². The lowest BCUT2D eigenvalue weighted by Gasteiger charge is -2.10. The molecule has 0 N–H and O–H groups in total. The van der Waals surface area contributed by atoms with Gasteiger partial charge in [-0.1, -0.05) is 77.4 Å². The van der Waals surface area contributed by atoms with Crippen LogP contribution in [0.3, 0.4) is 0 Å². The van der Waals surface area contributed by atoms with Gasteiger partial charge in [0.2, 0.25) is 0 Å². The van der Waals surface area contributed by atoms with Crippen LogP contribution < -0.4 is 18.9 Å². The summed E-state index contributed by atoms with van der Waals surface area (Å²) in [4.78, 5) is 47.3. The van der Waals surface area contributed by atoms with Crippen molar-refractivity contribution in [3.63, 3.8) is 0 Å². The molecule has 0 atom stereocenters. The quantitative estimate of drug-likeness (QED) is 0.0305. The van der Waals surface area contributed by atoms with Gasteiger partial charge in [0.05, 0.1) is 37.6 Å². The number of hydrogen-bond acceptors (Lipinski definition) is 10. The van der Waals surface area contributed by atoms with Crippen LogP contribution in [0.15, 0.2) is 86.0 Å². The maximum Gasteiger partial charge on any atom is 0.346 e. The van der Waals surface area contributed by atoms with Gasteiger partial charge in [-0.3, -0.25) is 0 Å². The number of halogens is 2. The maximum absolute atomic E-state index is 14.8. The third-order valence-electron chi connectivity index (χ3n) is 8.50. The summed E-state index contributed by atoms with van der Waals surface area (Å²) in [5.41, 5.74) is -0.548. The summed E-state index contributed by atoms with van der Waals surface area (Å²) in [5.74, 6) is -3.45. The Labute approximate surface area is 327 Å². The number of ether oxygens (including phenoxy) is 6. The van der Waals surface area contributed by atoms with E-state index in [1.807, 2.05) is 0 Å². The molecule has 56 heavy (non-hydrogen) atoms. The monoisotopic (exact) mass is 778 g/mol. The molecule has 0 spiro atoms. The molecule has 0 fully saturated rings. The van der Waals surface area contributed by atoms with Crippen LogP contribution >= 0.6 is 0 Å². The van der Waals surface area contributed by atoms with Crippen LogP contribution in [0.2, 0.25) is 0 Å². The number of benzene rings is 3. The second-order valence-corrected chi connectivity index (χ2v) is 12.9. The summed E-state index contributed by atoms with van der Waals surface area (Å²) in [6, 6.07) is 13.3. The molecule has 0 saturated carbocycles. The van der Waals surface area contributed by atoms with E-state index in [0.29, 0.717) is 37.9 Å². The summed E-state index contributed by atoms with van der Waals surface area (Å²) in [7, 11) is 0. The van der Waals surface area contributed by atoms with Crippen LogP contribution in [-0.4, -0.2) is 50.3 Å². The van der Waals surface area contributed by atoms with Crippen molar-refractivity contribution in [2.24, 2.45) is 0 Å². The molecule has 0 saturated heterocycles. The fourth-order valence-corrected chi connectivity index (χ4v) is 5.42. The van der Waals surface area contributed by atoms with Crippen molar-refractivity contribution in [2.45, 2.75) is 89.9 Å². The third-order valence-corrected chi connectivity index (χ3v) is 8.50. The number of unbranched alkanes of at least 4 members (excludes halogenated alkanes) is 12. The van der Waals surface area contributed by atoms with Crippen molar-refractivity contribution in [2.75, 3.05) is 26.4 Å². The molecular formula is C44H52F2O10. The van der Waals surface area contributed by atoms with E-state index in [0.717, 1.165) is 114 Å². The number of esters is 4. The molecular weight excluding hydrogens is 726 g/mol. The zero-order valence-corrected chi connectivity index (χ0v) is 31.9. The molecule has 3 aromatic carbocycles. The van der Waals surface area contributed by atoms with Crippen molar-refractivity contribution < 1.29 is 56.4 Å². The zero-order chi connectivity index (χ0) is 40.4. The van der Waals surface area contributed by atoms with E-state index >= 15 is 0 Å². The standard InChI is InChI=1S/C44H52F2O10/c1-3-41(47)53-29-17-13-9-5-7-11-15-27-51-35-23-25-37(39(45)31-35)43(49)55-33-19-21-34(22-20-33)56-44(50)38-26-24-36(32-40(38)46)52-28-16-12-8-6-10-14-18-30-54-42(48)4-2/h3-4,19-26,31-32H,1-2,5-18,27-30H2. The zero-order valence-electron chi connectivity index (χ0n) is 31.9. The van der Waals surface area contributed by atoms with Crippen molar-refractivity contribution in [3.05, 3.63) is 109 Å². The summed E-state index contributed by atoms with van der Waals surface area (Å²) < 4.78 is 61.3. The predicted molar refractivity (Wildman–Crippen MR) is 207 cm³/mol. The van der Waals surface area contributed by atoms with Gasteiger partial charge < -0.3 is 28.4 Å². The number of hydrogen-bond donors (Lipinski definition) is 0. The Morgan fingerprint density at radius 2 is 0.750 bits per heavy atom. The highest BCUT2D eigenvalue weighted by atomic mass is 19.1. The predicted octanol–water partition coefficient (Wildman–Crippen LogP) is 10.1. The first-order valence-corrected chi connectivity index (χ1v) is 19.2. The van der Waals surface area contributed by atoms with E-state index in [-0.39, 0.29) is 22.6 Å². The average Bonchev–Trinajstić information content (AvgIpc) is 3.19. The number of carbonyl (C=O) groups is 4. The molecule has 3 aromatic rings. The van der Waals surface area contributed by atoms with Crippen molar-refractivity contribution in [3.8, 4) is 23.0 Å². The Hall–Kier alpha value is -5.52. The van der Waals surface area contributed by atoms with E-state index in [9.17, 15) is 28.0 Å². The largest absolute Gasteiger partial charge is 0.493 e. The highest BCUT2D eigenvalue weighted by Gasteiger charge is 2.18. The first-order chi connectivity index (χ1) is 27.2. The minimum Gasteiger partial charge on any atom is -0.493 e. The van der Waals surface area contributed by atoms with E-state index in [2.05, 4.69) is 13.2 Å². The van der Waals surface area contributed by atoms with Crippen molar-refractivity contribution in [1.82, 2.24) is 0 Å². The molecule has 0 unspecified atom stereocenters. The molecule has 10 nitrogen and oxygen atoms in total. The summed E-state index contributed by atoms with van der Waals surface area (Å²) >= 11 is 0. The van der Waals surface area contributed by atoms with E-state index < -0.39 is 35.5 Å². The molecule has 0 aliphatic heterocycles. The molecule has 0 heterocycles. The molecule has 0 aliphatic rings. The van der Waals surface area contributed by atoms with Gasteiger partial charge >= 0.3 is 23.9 Å². The summed E-state index contributed by atoms with van der Waals surface area (Å²) in [5, 5.41) is 0. The van der Waals surface area contributed by atoms with E-state index in [1.54, 1.807) is 0 Å². The van der Waals surface area contributed by atoms with E-state index in [1.165, 1.54) is 48.5 Å². The number of carbonyl (C=O) groups excluding carboxylic acids is 4. The molecule has 0 bridgehead atoms. The van der Waals surface area contributed by atoms with Gasteiger partial charge in [0.15, 0.2) is 0 Å². The number of rotatable bonds is 28. The maximum atomic E-state index is 14.8. The molecule has 3 rings (SSSR count). The van der Waals surface area contributed by atoms with Crippen LogP contribution in [0.25, 0.3) is 0 Å². The van der Waals surface area contributed by atoms with Crippen molar-refractivity contribution >= 4 is 23.9 Å². The van der Waals surface area contributed by atoms with Crippen LogP contribution in [0, 0.1) is 11.6 Å². The van der Waals surface area contributed by atoms with Crippen molar-refractivity contribution in [1.29, 1.82) is 0 Å². The van der Waals surface area contributed by atoms with Gasteiger partial charge in [0.1, 0.15) is 34.6 Å². The minimum atomic E-state index is -0.917. The minimum absolute atomic E-state index is 0.0853. The van der Waals surface area contributed by atoms with Crippen LogP contribution in [0.5, 0.6) is 23.0 Å². The lowest BCUT2D eigenvalue weighted by atomic mass is 10.1. The van der Waals surface area contributed by atoms with Gasteiger partial charge in [-0.2, -0.15) is 0 Å². The lowest BCUT2D eigenvalue weighted by molar-refractivity contribution is -0.138. The lowest BCUT2D eigenvalue weighted by Crippen LogP contribution is -2.12. The first-order valence-electron chi connectivity index (χ1n) is 19.2. The molecule has 302 valence electrons. The Kier molecular flexibility index (Phi) is 21.1.